The zero-order chi connectivity index (χ0) is 19.3. The van der Waals surface area contributed by atoms with E-state index in [2.05, 4.69) is 20.8 Å². The molecule has 0 radical (unpaired) electrons. The van der Waals surface area contributed by atoms with Gasteiger partial charge in [-0.05, 0) is 44.4 Å². The van der Waals surface area contributed by atoms with Gasteiger partial charge in [-0.1, -0.05) is 17.3 Å². The Labute approximate surface area is 178 Å². The van der Waals surface area contributed by atoms with Crippen LogP contribution in [0.3, 0.4) is 0 Å². The Balaban J connectivity index is 0.00000364. The molecule has 27 heavy (non-hydrogen) atoms. The highest BCUT2D eigenvalue weighted by molar-refractivity contribution is 14.0. The normalized spacial score (nSPS) is 11.8. The molecule has 1 heterocycles. The molecule has 0 aliphatic heterocycles. The molecule has 0 saturated carbocycles. The smallest absolute Gasteiger partial charge is 0.191 e. The molecular weight excluding hydrogens is 479 g/mol. The number of hydrogen-bond acceptors (Lipinski definition) is 5. The van der Waals surface area contributed by atoms with Gasteiger partial charge in [0.2, 0.25) is 0 Å². The first kappa shape index (κ1) is 23.4. The average Bonchev–Trinajstić information content (AvgIpc) is 2.88. The van der Waals surface area contributed by atoms with E-state index in [9.17, 15) is 8.42 Å². The number of aromatic nitrogens is 1. The van der Waals surface area contributed by atoms with Crippen LogP contribution in [0.1, 0.15) is 28.1 Å². The van der Waals surface area contributed by atoms with E-state index in [4.69, 9.17) is 4.52 Å². The van der Waals surface area contributed by atoms with Crippen molar-refractivity contribution in [2.24, 2.45) is 4.99 Å². The van der Waals surface area contributed by atoms with Gasteiger partial charge < -0.3 is 15.2 Å². The van der Waals surface area contributed by atoms with E-state index in [1.54, 1.807) is 20.0 Å². The molecule has 0 aliphatic rings. The molecule has 150 valence electrons. The molecule has 0 amide bonds. The van der Waals surface area contributed by atoms with Crippen LogP contribution in [0.2, 0.25) is 0 Å². The van der Waals surface area contributed by atoms with Crippen molar-refractivity contribution in [1.29, 1.82) is 0 Å². The Morgan fingerprint density at radius 1 is 1.22 bits per heavy atom. The molecule has 0 atom stereocenters. The Hall–Kier alpha value is -1.62. The standard InChI is InChI=1S/C18H26N4O3S.HI/c1-12-10-15(6-7-17(12)26(5,23)24)11-21-18(19-4)20-9-8-16-13(2)22-25-14(16)3;/h6-7,10H,8-9,11H2,1-5H3,(H2,19,20,21);1H. The number of nitrogens with zero attached hydrogens (tertiary/aromatic N) is 2. The van der Waals surface area contributed by atoms with E-state index in [-0.39, 0.29) is 24.0 Å². The van der Waals surface area contributed by atoms with Crippen molar-refractivity contribution >= 4 is 39.8 Å². The first-order valence-corrected chi connectivity index (χ1v) is 10.3. The van der Waals surface area contributed by atoms with Crippen LogP contribution in [0.4, 0.5) is 0 Å². The second-order valence-corrected chi connectivity index (χ2v) is 8.26. The SMILES string of the molecule is CN=C(NCCc1c(C)noc1C)NCc1ccc(S(C)(=O)=O)c(C)c1.I. The first-order chi connectivity index (χ1) is 12.2. The summed E-state index contributed by atoms with van der Waals surface area (Å²) in [6.45, 7) is 6.90. The van der Waals surface area contributed by atoms with Gasteiger partial charge in [-0.15, -0.1) is 24.0 Å². The van der Waals surface area contributed by atoms with Gasteiger partial charge in [-0.3, -0.25) is 4.99 Å². The van der Waals surface area contributed by atoms with Crippen LogP contribution in [-0.4, -0.2) is 39.4 Å². The van der Waals surface area contributed by atoms with E-state index in [0.717, 1.165) is 34.6 Å². The van der Waals surface area contributed by atoms with Crippen LogP contribution in [-0.2, 0) is 22.8 Å². The van der Waals surface area contributed by atoms with Crippen LogP contribution in [0, 0.1) is 20.8 Å². The molecule has 0 aliphatic carbocycles. The molecular formula is C18H27IN4O3S. The fourth-order valence-corrected chi connectivity index (χ4v) is 3.77. The summed E-state index contributed by atoms with van der Waals surface area (Å²) >= 11 is 0. The monoisotopic (exact) mass is 506 g/mol. The molecule has 0 bridgehead atoms. The van der Waals surface area contributed by atoms with Crippen molar-refractivity contribution in [1.82, 2.24) is 15.8 Å². The van der Waals surface area contributed by atoms with Gasteiger partial charge in [0.25, 0.3) is 0 Å². The zero-order valence-electron chi connectivity index (χ0n) is 16.3. The number of aryl methyl sites for hydroxylation is 3. The number of guanidine groups is 1. The fourth-order valence-electron chi connectivity index (χ4n) is 2.81. The summed E-state index contributed by atoms with van der Waals surface area (Å²) in [5, 5.41) is 10.4. The second-order valence-electron chi connectivity index (χ2n) is 6.28. The number of nitrogens with one attached hydrogen (secondary N) is 2. The van der Waals surface area contributed by atoms with Crippen LogP contribution in [0.15, 0.2) is 32.6 Å². The Morgan fingerprint density at radius 3 is 2.44 bits per heavy atom. The predicted molar refractivity (Wildman–Crippen MR) is 118 cm³/mol. The molecule has 0 saturated heterocycles. The van der Waals surface area contributed by atoms with Crippen LogP contribution < -0.4 is 10.6 Å². The van der Waals surface area contributed by atoms with Gasteiger partial charge in [-0.2, -0.15) is 0 Å². The van der Waals surface area contributed by atoms with Crippen LogP contribution in [0.5, 0.6) is 0 Å². The lowest BCUT2D eigenvalue weighted by molar-refractivity contribution is 0.392. The highest BCUT2D eigenvalue weighted by atomic mass is 127. The lowest BCUT2D eigenvalue weighted by atomic mass is 10.1. The molecule has 2 N–H and O–H groups in total. The first-order valence-electron chi connectivity index (χ1n) is 8.38. The minimum absolute atomic E-state index is 0. The third-order valence-corrected chi connectivity index (χ3v) is 5.43. The minimum Gasteiger partial charge on any atom is -0.361 e. The van der Waals surface area contributed by atoms with Crippen molar-refractivity contribution in [3.8, 4) is 0 Å². The lowest BCUT2D eigenvalue weighted by Crippen LogP contribution is -2.37. The van der Waals surface area contributed by atoms with E-state index in [1.165, 1.54) is 6.26 Å². The Bertz CT molecular complexity index is 888. The van der Waals surface area contributed by atoms with Crippen molar-refractivity contribution < 1.29 is 12.9 Å². The van der Waals surface area contributed by atoms with Crippen molar-refractivity contribution in [2.75, 3.05) is 19.8 Å². The molecule has 0 unspecified atom stereocenters. The number of halogens is 1. The van der Waals surface area contributed by atoms with E-state index in [1.807, 2.05) is 26.0 Å². The number of sulfone groups is 1. The number of aliphatic imine (C=N–C) groups is 1. The minimum atomic E-state index is -3.20. The van der Waals surface area contributed by atoms with Gasteiger partial charge in [-0.25, -0.2) is 8.42 Å². The van der Waals surface area contributed by atoms with Gasteiger partial charge in [0.1, 0.15) is 5.76 Å². The van der Waals surface area contributed by atoms with Crippen molar-refractivity contribution in [3.63, 3.8) is 0 Å². The summed E-state index contributed by atoms with van der Waals surface area (Å²) in [6, 6.07) is 5.34. The molecule has 1 aromatic heterocycles. The quantitative estimate of drug-likeness (QED) is 0.355. The molecule has 0 spiro atoms. The summed E-state index contributed by atoms with van der Waals surface area (Å²) in [4.78, 5) is 4.57. The van der Waals surface area contributed by atoms with Gasteiger partial charge in [0.15, 0.2) is 15.8 Å². The highest BCUT2D eigenvalue weighted by Crippen LogP contribution is 2.16. The van der Waals surface area contributed by atoms with Gasteiger partial charge in [0, 0.05) is 32.0 Å². The predicted octanol–water partition coefficient (Wildman–Crippen LogP) is 2.53. The molecule has 1 aromatic carbocycles. The van der Waals surface area contributed by atoms with Crippen LogP contribution >= 0.6 is 24.0 Å². The maximum Gasteiger partial charge on any atom is 0.191 e. The summed E-state index contributed by atoms with van der Waals surface area (Å²) in [6.07, 6.45) is 2.02. The number of rotatable bonds is 6. The molecule has 0 fully saturated rings. The van der Waals surface area contributed by atoms with E-state index >= 15 is 0 Å². The Kier molecular flexibility index (Phi) is 8.73. The average molecular weight is 506 g/mol. The summed E-state index contributed by atoms with van der Waals surface area (Å²) in [7, 11) is -1.48. The molecule has 2 aromatic rings. The molecule has 9 heteroatoms. The third-order valence-electron chi connectivity index (χ3n) is 4.17. The summed E-state index contributed by atoms with van der Waals surface area (Å²) in [5.74, 6) is 1.52. The van der Waals surface area contributed by atoms with E-state index in [0.29, 0.717) is 23.9 Å². The second kappa shape index (κ2) is 10.1. The largest absolute Gasteiger partial charge is 0.361 e. The number of hydrogen-bond donors (Lipinski definition) is 2. The summed E-state index contributed by atoms with van der Waals surface area (Å²) < 4.78 is 28.5. The summed E-state index contributed by atoms with van der Waals surface area (Å²) in [5.41, 5.74) is 3.75. The lowest BCUT2D eigenvalue weighted by Gasteiger charge is -2.13. The maximum absolute atomic E-state index is 11.7. The number of benzene rings is 1. The van der Waals surface area contributed by atoms with E-state index < -0.39 is 9.84 Å². The van der Waals surface area contributed by atoms with Crippen molar-refractivity contribution in [3.05, 3.63) is 46.3 Å². The zero-order valence-corrected chi connectivity index (χ0v) is 19.4. The third kappa shape index (κ3) is 6.49. The van der Waals surface area contributed by atoms with Crippen LogP contribution in [0.25, 0.3) is 0 Å². The van der Waals surface area contributed by atoms with Crippen molar-refractivity contribution in [2.45, 2.75) is 38.6 Å². The topological polar surface area (TPSA) is 96.6 Å². The fraction of sp³-hybridized carbons (Fsp3) is 0.444. The molecule has 7 nitrogen and oxygen atoms in total. The Morgan fingerprint density at radius 2 is 1.93 bits per heavy atom. The van der Waals surface area contributed by atoms with Gasteiger partial charge in [0.05, 0.1) is 10.6 Å². The van der Waals surface area contributed by atoms with Gasteiger partial charge >= 0.3 is 0 Å². The maximum atomic E-state index is 11.7. The molecule has 2 rings (SSSR count). The highest BCUT2D eigenvalue weighted by Gasteiger charge is 2.11.